The lowest BCUT2D eigenvalue weighted by Crippen LogP contribution is -2.41. The smallest absolute Gasteiger partial charge is 0.307 e. The predicted octanol–water partition coefficient (Wildman–Crippen LogP) is 4.19. The fourth-order valence-electron chi connectivity index (χ4n) is 4.20. The number of benzene rings is 2. The molecule has 0 saturated carbocycles. The Morgan fingerprint density at radius 1 is 1.10 bits per heavy atom. The molecule has 2 heterocycles. The minimum absolute atomic E-state index is 0.0574. The summed E-state index contributed by atoms with van der Waals surface area (Å²) >= 11 is 0. The maximum absolute atomic E-state index is 11.6. The Balaban J connectivity index is 1.76. The first-order valence-electron chi connectivity index (χ1n) is 10.1. The van der Waals surface area contributed by atoms with E-state index in [0.29, 0.717) is 6.54 Å². The van der Waals surface area contributed by atoms with Gasteiger partial charge in [0.2, 0.25) is 0 Å². The van der Waals surface area contributed by atoms with Crippen LogP contribution < -0.4 is 4.90 Å². The Kier molecular flexibility index (Phi) is 5.49. The van der Waals surface area contributed by atoms with Crippen LogP contribution in [0.25, 0.3) is 10.9 Å². The van der Waals surface area contributed by atoms with Crippen molar-refractivity contribution in [3.05, 3.63) is 71.9 Å². The molecule has 1 fully saturated rings. The van der Waals surface area contributed by atoms with E-state index in [-0.39, 0.29) is 12.0 Å². The number of piperidine rings is 1. The summed E-state index contributed by atoms with van der Waals surface area (Å²) in [4.78, 5) is 21.0. The summed E-state index contributed by atoms with van der Waals surface area (Å²) in [5.74, 6) is -1.03. The summed E-state index contributed by atoms with van der Waals surface area (Å²) in [6, 6.07) is 20.7. The maximum Gasteiger partial charge on any atom is 0.307 e. The van der Waals surface area contributed by atoms with E-state index in [2.05, 4.69) is 52.3 Å². The number of carboxylic acid groups (broad SMARTS) is 1. The van der Waals surface area contributed by atoms with Crippen molar-refractivity contribution in [2.75, 3.05) is 32.1 Å². The van der Waals surface area contributed by atoms with Gasteiger partial charge in [-0.1, -0.05) is 36.4 Å². The lowest BCUT2D eigenvalue weighted by Gasteiger charge is -2.37. The molecule has 2 aromatic carbocycles. The zero-order valence-corrected chi connectivity index (χ0v) is 17.0. The van der Waals surface area contributed by atoms with Crippen LogP contribution >= 0.6 is 0 Å². The highest BCUT2D eigenvalue weighted by atomic mass is 16.4. The van der Waals surface area contributed by atoms with Gasteiger partial charge in [-0.25, -0.2) is 0 Å². The quantitative estimate of drug-likeness (QED) is 0.709. The molecule has 1 aromatic heterocycles. The molecule has 1 saturated heterocycles. The molecule has 5 heteroatoms. The third-order valence-electron chi connectivity index (χ3n) is 5.79. The molecular weight excluding hydrogens is 362 g/mol. The zero-order valence-electron chi connectivity index (χ0n) is 17.0. The summed E-state index contributed by atoms with van der Waals surface area (Å²) in [5, 5.41) is 10.7. The SMILES string of the molecule is CN(C)c1ccc(C(c2ccc3ccccc3n2)N2CCCC(C(=O)O)C2)cc1. The van der Waals surface area contributed by atoms with Gasteiger partial charge >= 0.3 is 5.97 Å². The molecule has 0 spiro atoms. The number of aromatic nitrogens is 1. The molecule has 2 unspecified atom stereocenters. The van der Waals surface area contributed by atoms with Crippen LogP contribution in [0.4, 0.5) is 5.69 Å². The lowest BCUT2D eigenvalue weighted by atomic mass is 9.93. The van der Waals surface area contributed by atoms with Crippen LogP contribution in [0.1, 0.15) is 30.1 Å². The van der Waals surface area contributed by atoms with Gasteiger partial charge in [-0.2, -0.15) is 0 Å². The minimum Gasteiger partial charge on any atom is -0.481 e. The van der Waals surface area contributed by atoms with E-state index >= 15 is 0 Å². The Morgan fingerprint density at radius 2 is 1.86 bits per heavy atom. The average Bonchev–Trinajstić information content (AvgIpc) is 2.74. The largest absolute Gasteiger partial charge is 0.481 e. The number of rotatable bonds is 5. The zero-order chi connectivity index (χ0) is 20.4. The van der Waals surface area contributed by atoms with Gasteiger partial charge in [-0.05, 0) is 49.2 Å². The second kappa shape index (κ2) is 8.21. The lowest BCUT2D eigenvalue weighted by molar-refractivity contribution is -0.143. The number of carbonyl (C=O) groups is 1. The molecule has 29 heavy (non-hydrogen) atoms. The van der Waals surface area contributed by atoms with Gasteiger partial charge in [-0.3, -0.25) is 14.7 Å². The summed E-state index contributed by atoms with van der Waals surface area (Å²) in [5.41, 5.74) is 4.21. The van der Waals surface area contributed by atoms with E-state index in [9.17, 15) is 9.90 Å². The van der Waals surface area contributed by atoms with E-state index in [4.69, 9.17) is 4.98 Å². The number of aliphatic carboxylic acids is 1. The normalized spacial score (nSPS) is 18.5. The molecule has 1 N–H and O–H groups in total. The van der Waals surface area contributed by atoms with Gasteiger partial charge in [0.15, 0.2) is 0 Å². The Hall–Kier alpha value is -2.92. The van der Waals surface area contributed by atoms with Crippen LogP contribution in [0.5, 0.6) is 0 Å². The summed E-state index contributed by atoms with van der Waals surface area (Å²) in [6.45, 7) is 1.42. The molecule has 1 aliphatic rings. The molecule has 0 radical (unpaired) electrons. The van der Waals surface area contributed by atoms with Crippen LogP contribution in [0.2, 0.25) is 0 Å². The maximum atomic E-state index is 11.6. The van der Waals surface area contributed by atoms with E-state index in [1.165, 1.54) is 0 Å². The Labute approximate surface area is 171 Å². The third-order valence-corrected chi connectivity index (χ3v) is 5.79. The molecule has 0 bridgehead atoms. The number of hydrogen-bond acceptors (Lipinski definition) is 4. The van der Waals surface area contributed by atoms with E-state index in [1.54, 1.807) is 0 Å². The molecule has 2 atom stereocenters. The highest BCUT2D eigenvalue weighted by Crippen LogP contribution is 2.33. The van der Waals surface area contributed by atoms with Crippen molar-refractivity contribution in [1.29, 1.82) is 0 Å². The number of nitrogens with zero attached hydrogens (tertiary/aromatic N) is 3. The fourth-order valence-corrected chi connectivity index (χ4v) is 4.20. The van der Waals surface area contributed by atoms with Gasteiger partial charge < -0.3 is 10.0 Å². The van der Waals surface area contributed by atoms with Crippen LogP contribution in [0.15, 0.2) is 60.7 Å². The minimum atomic E-state index is -0.706. The topological polar surface area (TPSA) is 56.7 Å². The molecule has 0 amide bonds. The summed E-state index contributed by atoms with van der Waals surface area (Å²) < 4.78 is 0. The van der Waals surface area contributed by atoms with Crippen molar-refractivity contribution in [3.63, 3.8) is 0 Å². The molecule has 0 aliphatic carbocycles. The first kappa shape index (κ1) is 19.4. The highest BCUT2D eigenvalue weighted by Gasteiger charge is 2.32. The second-order valence-electron chi connectivity index (χ2n) is 7.99. The number of hydrogen-bond donors (Lipinski definition) is 1. The Bertz CT molecular complexity index is 1000. The average molecular weight is 389 g/mol. The molecule has 150 valence electrons. The van der Waals surface area contributed by atoms with Crippen molar-refractivity contribution in [3.8, 4) is 0 Å². The van der Waals surface area contributed by atoms with Gasteiger partial charge in [0.1, 0.15) is 0 Å². The number of fused-ring (bicyclic) bond motifs is 1. The number of likely N-dealkylation sites (tertiary alicyclic amines) is 1. The van der Waals surface area contributed by atoms with E-state index in [1.807, 2.05) is 32.3 Å². The first-order valence-corrected chi connectivity index (χ1v) is 10.1. The number of anilines is 1. The van der Waals surface area contributed by atoms with Crippen molar-refractivity contribution in [2.45, 2.75) is 18.9 Å². The summed E-state index contributed by atoms with van der Waals surface area (Å²) in [6.07, 6.45) is 1.63. The Morgan fingerprint density at radius 3 is 2.59 bits per heavy atom. The van der Waals surface area contributed by atoms with Gasteiger partial charge in [0, 0.05) is 31.7 Å². The molecule has 3 aromatic rings. The van der Waals surface area contributed by atoms with E-state index < -0.39 is 5.97 Å². The molecule has 1 aliphatic heterocycles. The van der Waals surface area contributed by atoms with Crippen LogP contribution in [-0.2, 0) is 4.79 Å². The number of pyridine rings is 1. The van der Waals surface area contributed by atoms with Crippen molar-refractivity contribution in [1.82, 2.24) is 9.88 Å². The molecular formula is C24H27N3O2. The highest BCUT2D eigenvalue weighted by molar-refractivity contribution is 5.78. The fraction of sp³-hybridized carbons (Fsp3) is 0.333. The second-order valence-corrected chi connectivity index (χ2v) is 7.99. The molecule has 5 nitrogen and oxygen atoms in total. The number of para-hydroxylation sites is 1. The van der Waals surface area contributed by atoms with Gasteiger partial charge in [0.25, 0.3) is 0 Å². The summed E-state index contributed by atoms with van der Waals surface area (Å²) in [7, 11) is 4.05. The van der Waals surface area contributed by atoms with Crippen molar-refractivity contribution < 1.29 is 9.90 Å². The first-order chi connectivity index (χ1) is 14.0. The van der Waals surface area contributed by atoms with Crippen molar-refractivity contribution in [2.24, 2.45) is 5.92 Å². The van der Waals surface area contributed by atoms with E-state index in [0.717, 1.165) is 47.2 Å². The van der Waals surface area contributed by atoms with Crippen molar-refractivity contribution >= 4 is 22.6 Å². The molecule has 4 rings (SSSR count). The third kappa shape index (κ3) is 4.10. The monoisotopic (exact) mass is 389 g/mol. The predicted molar refractivity (Wildman–Crippen MR) is 116 cm³/mol. The number of carboxylic acids is 1. The van der Waals surface area contributed by atoms with Crippen LogP contribution in [0, 0.1) is 5.92 Å². The van der Waals surface area contributed by atoms with Crippen LogP contribution in [0.3, 0.4) is 0 Å². The van der Waals surface area contributed by atoms with Gasteiger partial charge in [-0.15, -0.1) is 0 Å². The van der Waals surface area contributed by atoms with Crippen LogP contribution in [-0.4, -0.2) is 48.1 Å². The van der Waals surface area contributed by atoms with Gasteiger partial charge in [0.05, 0.1) is 23.2 Å². The standard InChI is InChI=1S/C24H27N3O2/c1-26(2)20-12-9-18(10-13-20)23(27-15-5-7-19(16-27)24(28)29)22-14-11-17-6-3-4-8-21(17)25-22/h3-4,6,8-14,19,23H,5,7,15-16H2,1-2H3,(H,28,29).